The number of carbonyl (C=O) groups is 2. The van der Waals surface area contributed by atoms with E-state index in [2.05, 4.69) is 15.6 Å². The zero-order valence-corrected chi connectivity index (χ0v) is 17.5. The summed E-state index contributed by atoms with van der Waals surface area (Å²) in [5.74, 6) is -1.96. The second kappa shape index (κ2) is 8.64. The van der Waals surface area contributed by atoms with Crippen LogP contribution in [0.1, 0.15) is 17.4 Å². The molecule has 1 atom stereocenters. The summed E-state index contributed by atoms with van der Waals surface area (Å²) in [6, 6.07) is 12.2. The third-order valence-corrected chi connectivity index (χ3v) is 5.05. The van der Waals surface area contributed by atoms with Gasteiger partial charge >= 0.3 is 0 Å². The molecule has 0 radical (unpaired) electrons. The van der Waals surface area contributed by atoms with Gasteiger partial charge < -0.3 is 25.2 Å². The zero-order valence-electron chi connectivity index (χ0n) is 17.5. The lowest BCUT2D eigenvalue weighted by molar-refractivity contribution is -0.120. The molecule has 0 bridgehead atoms. The molecule has 164 valence electrons. The van der Waals surface area contributed by atoms with Crippen molar-refractivity contribution < 1.29 is 19.1 Å². The molecule has 3 aromatic rings. The summed E-state index contributed by atoms with van der Waals surface area (Å²) in [5.41, 5.74) is 0.625. The first-order valence-electron chi connectivity index (χ1n) is 9.92. The number of amides is 2. The number of hydrogen-bond acceptors (Lipinski definition) is 5. The molecule has 2 amide bonds. The molecule has 1 unspecified atom stereocenters. The van der Waals surface area contributed by atoms with Gasteiger partial charge in [0.15, 0.2) is 0 Å². The Morgan fingerprint density at radius 2 is 2.00 bits per heavy atom. The summed E-state index contributed by atoms with van der Waals surface area (Å²) in [4.78, 5) is 31.2. The number of aliphatic hydroxyl groups is 1. The van der Waals surface area contributed by atoms with Crippen molar-refractivity contribution in [3.05, 3.63) is 89.5 Å². The summed E-state index contributed by atoms with van der Waals surface area (Å²) in [6.07, 6.45) is 3.35. The normalized spacial score (nSPS) is 15.9. The number of hydrogen-bond donors (Lipinski definition) is 3. The van der Waals surface area contributed by atoms with Gasteiger partial charge in [-0.25, -0.2) is 9.37 Å². The van der Waals surface area contributed by atoms with Gasteiger partial charge in [0.25, 0.3) is 11.8 Å². The second-order valence-corrected chi connectivity index (χ2v) is 7.65. The van der Waals surface area contributed by atoms with Crippen molar-refractivity contribution in [3.63, 3.8) is 0 Å². The smallest absolute Gasteiger partial charge is 0.264 e. The largest absolute Gasteiger partial charge is 0.509 e. The highest BCUT2D eigenvalue weighted by molar-refractivity contribution is 6.24. The molecular formula is C23H22FN5O3. The first kappa shape index (κ1) is 21.3. The van der Waals surface area contributed by atoms with E-state index in [0.717, 1.165) is 5.82 Å². The molecule has 0 saturated heterocycles. The van der Waals surface area contributed by atoms with Crippen LogP contribution in [0.25, 0.3) is 5.69 Å². The number of aromatic nitrogens is 2. The fourth-order valence-corrected chi connectivity index (χ4v) is 3.55. The van der Waals surface area contributed by atoms with Gasteiger partial charge in [-0.15, -0.1) is 0 Å². The average Bonchev–Trinajstić information content (AvgIpc) is 3.33. The Bertz CT molecular complexity index is 1200. The van der Waals surface area contributed by atoms with Crippen LogP contribution >= 0.6 is 0 Å². The van der Waals surface area contributed by atoms with Crippen molar-refractivity contribution in [1.29, 1.82) is 0 Å². The first-order chi connectivity index (χ1) is 15.3. The SMILES string of the molecule is CN(C)Cc1nccn1-c1ccc(NC(=O)C2=C(O)C(c3ccccc3)NC2=O)c(F)c1. The molecule has 1 aliphatic rings. The van der Waals surface area contributed by atoms with Gasteiger partial charge in [0.2, 0.25) is 0 Å². The van der Waals surface area contributed by atoms with E-state index >= 15 is 0 Å². The lowest BCUT2D eigenvalue weighted by atomic mass is 10.1. The van der Waals surface area contributed by atoms with Gasteiger partial charge in [-0.1, -0.05) is 30.3 Å². The van der Waals surface area contributed by atoms with Crippen LogP contribution in [0, 0.1) is 5.82 Å². The minimum absolute atomic E-state index is 0.107. The zero-order chi connectivity index (χ0) is 22.8. The Morgan fingerprint density at radius 1 is 1.25 bits per heavy atom. The highest BCUT2D eigenvalue weighted by Crippen LogP contribution is 2.29. The van der Waals surface area contributed by atoms with Crippen molar-refractivity contribution in [2.24, 2.45) is 0 Å². The van der Waals surface area contributed by atoms with Gasteiger partial charge in [0.05, 0.1) is 12.2 Å². The maximum Gasteiger partial charge on any atom is 0.264 e. The molecule has 8 nitrogen and oxygen atoms in total. The summed E-state index contributed by atoms with van der Waals surface area (Å²) in [6.45, 7) is 0.568. The Morgan fingerprint density at radius 3 is 2.69 bits per heavy atom. The Labute approximate surface area is 184 Å². The number of nitrogens with zero attached hydrogens (tertiary/aromatic N) is 3. The average molecular weight is 435 g/mol. The van der Waals surface area contributed by atoms with E-state index in [1.807, 2.05) is 19.0 Å². The Hall–Kier alpha value is -3.98. The molecule has 3 N–H and O–H groups in total. The summed E-state index contributed by atoms with van der Waals surface area (Å²) < 4.78 is 16.5. The molecule has 0 fully saturated rings. The van der Waals surface area contributed by atoms with Crippen molar-refractivity contribution in [1.82, 2.24) is 19.8 Å². The van der Waals surface area contributed by atoms with Gasteiger partial charge in [-0.05, 0) is 31.8 Å². The van der Waals surface area contributed by atoms with Gasteiger partial charge in [0, 0.05) is 24.1 Å². The fraction of sp³-hybridized carbons (Fsp3) is 0.174. The maximum absolute atomic E-state index is 14.8. The van der Waals surface area contributed by atoms with Gasteiger partial charge in [-0.3, -0.25) is 9.59 Å². The lowest BCUT2D eigenvalue weighted by Gasteiger charge is -2.13. The summed E-state index contributed by atoms with van der Waals surface area (Å²) >= 11 is 0. The van der Waals surface area contributed by atoms with Crippen molar-refractivity contribution >= 4 is 17.5 Å². The first-order valence-corrected chi connectivity index (χ1v) is 9.92. The topological polar surface area (TPSA) is 99.5 Å². The number of carbonyl (C=O) groups excluding carboxylic acids is 2. The van der Waals surface area contributed by atoms with Crippen LogP contribution in [0.3, 0.4) is 0 Å². The van der Waals surface area contributed by atoms with Crippen molar-refractivity contribution in [3.8, 4) is 5.69 Å². The monoisotopic (exact) mass is 435 g/mol. The quantitative estimate of drug-likeness (QED) is 0.517. The van der Waals surface area contributed by atoms with Crippen LogP contribution in [0.15, 0.2) is 72.3 Å². The molecule has 0 aliphatic carbocycles. The van der Waals surface area contributed by atoms with Crippen molar-refractivity contribution in [2.45, 2.75) is 12.6 Å². The molecule has 32 heavy (non-hydrogen) atoms. The predicted octanol–water partition coefficient (Wildman–Crippen LogP) is 2.69. The van der Waals surface area contributed by atoms with E-state index in [1.54, 1.807) is 53.4 Å². The number of nitrogens with one attached hydrogen (secondary N) is 2. The number of benzene rings is 2. The summed E-state index contributed by atoms with van der Waals surface area (Å²) in [7, 11) is 3.81. The molecule has 1 aromatic heterocycles. The van der Waals surface area contributed by atoms with Crippen LogP contribution in [0.5, 0.6) is 0 Å². The third kappa shape index (κ3) is 4.10. The molecular weight excluding hydrogens is 413 g/mol. The number of anilines is 1. The number of rotatable bonds is 6. The maximum atomic E-state index is 14.8. The van der Waals surface area contributed by atoms with E-state index in [0.29, 0.717) is 17.8 Å². The molecule has 9 heteroatoms. The minimum atomic E-state index is -0.888. The molecule has 2 heterocycles. The van der Waals surface area contributed by atoms with Crippen LogP contribution < -0.4 is 10.6 Å². The van der Waals surface area contributed by atoms with Crippen LogP contribution in [-0.2, 0) is 16.1 Å². The Balaban J connectivity index is 1.56. The van der Waals surface area contributed by atoms with Gasteiger partial charge in [-0.2, -0.15) is 0 Å². The van der Waals surface area contributed by atoms with Crippen LogP contribution in [0.2, 0.25) is 0 Å². The van der Waals surface area contributed by atoms with E-state index in [4.69, 9.17) is 0 Å². The standard InChI is InChI=1S/C23H22FN5O3/c1-28(2)13-18-25-10-11-29(18)15-8-9-17(16(24)12-15)26-22(31)19-21(30)20(27-23(19)32)14-6-4-3-5-7-14/h3-12,20,30H,13H2,1-2H3,(H,26,31)(H,27,32). The molecule has 1 aliphatic heterocycles. The molecule has 0 spiro atoms. The molecule has 0 saturated carbocycles. The third-order valence-electron chi connectivity index (χ3n) is 5.05. The van der Waals surface area contributed by atoms with E-state index in [9.17, 15) is 19.1 Å². The van der Waals surface area contributed by atoms with Gasteiger partial charge in [0.1, 0.15) is 29.0 Å². The van der Waals surface area contributed by atoms with E-state index < -0.39 is 35.0 Å². The highest BCUT2D eigenvalue weighted by Gasteiger charge is 2.37. The van der Waals surface area contributed by atoms with Crippen molar-refractivity contribution in [2.75, 3.05) is 19.4 Å². The number of aliphatic hydroxyl groups excluding tert-OH is 1. The lowest BCUT2D eigenvalue weighted by Crippen LogP contribution is -2.26. The second-order valence-electron chi connectivity index (χ2n) is 7.65. The Kier molecular flexibility index (Phi) is 5.74. The van der Waals surface area contributed by atoms with E-state index in [-0.39, 0.29) is 5.69 Å². The van der Waals surface area contributed by atoms with E-state index in [1.165, 1.54) is 12.1 Å². The predicted molar refractivity (Wildman–Crippen MR) is 117 cm³/mol. The van der Waals surface area contributed by atoms with Crippen LogP contribution in [-0.4, -0.2) is 45.5 Å². The molecule has 4 rings (SSSR count). The highest BCUT2D eigenvalue weighted by atomic mass is 19.1. The number of imidazole rings is 1. The van der Waals surface area contributed by atoms with Crippen LogP contribution in [0.4, 0.5) is 10.1 Å². The number of halogens is 1. The minimum Gasteiger partial charge on any atom is -0.509 e. The molecule has 2 aromatic carbocycles. The fourth-order valence-electron chi connectivity index (χ4n) is 3.55. The summed E-state index contributed by atoms with van der Waals surface area (Å²) in [5, 5.41) is 15.4.